The molecule has 0 amide bonds. The van der Waals surface area contributed by atoms with Crippen molar-refractivity contribution in [2.45, 2.75) is 61.0 Å². The summed E-state index contributed by atoms with van der Waals surface area (Å²) in [5.41, 5.74) is 7.64. The summed E-state index contributed by atoms with van der Waals surface area (Å²) in [6, 6.07) is 0. The van der Waals surface area contributed by atoms with Crippen LogP contribution in [0.4, 0.5) is 0 Å². The Bertz CT molecular complexity index is 493. The molecule has 0 aromatic carbocycles. The summed E-state index contributed by atoms with van der Waals surface area (Å²) < 4.78 is 0. The van der Waals surface area contributed by atoms with Crippen LogP contribution in [0.25, 0.3) is 0 Å². The molecule has 0 aromatic rings. The summed E-state index contributed by atoms with van der Waals surface area (Å²) in [7, 11) is -0.900. The third-order valence-corrected chi connectivity index (χ3v) is 9.52. The van der Waals surface area contributed by atoms with E-state index >= 15 is 0 Å². The smallest absolute Gasteiger partial charge is 0.0481 e. The van der Waals surface area contributed by atoms with Gasteiger partial charge in [0.05, 0.1) is 0 Å². The molecule has 0 bridgehead atoms. The van der Waals surface area contributed by atoms with Gasteiger partial charge in [-0.15, -0.1) is 7.26 Å². The van der Waals surface area contributed by atoms with Gasteiger partial charge in [0, 0.05) is 51.7 Å². The molecule has 2 aliphatic rings. The minimum atomic E-state index is -0.900. The molecule has 0 N–H and O–H groups in total. The summed E-state index contributed by atoms with van der Waals surface area (Å²) in [4.78, 5) is 0. The Morgan fingerprint density at radius 3 is 1.04 bits per heavy atom. The first-order valence-electron chi connectivity index (χ1n) is 9.05. The van der Waals surface area contributed by atoms with Crippen LogP contribution in [0.2, 0.25) is 0 Å². The molecule has 0 heterocycles. The minimum Gasteiger partial charge on any atom is -0.358 e. The predicted molar refractivity (Wildman–Crippen MR) is 130 cm³/mol. The normalized spacial score (nSPS) is 29.7. The van der Waals surface area contributed by atoms with E-state index in [1.165, 1.54) is 27.9 Å². The number of rotatable bonds is 1. The summed E-state index contributed by atoms with van der Waals surface area (Å²) in [5.74, 6) is 3.54. The van der Waals surface area contributed by atoms with Crippen LogP contribution < -0.4 is 0 Å². The molecule has 2 heteroatoms. The van der Waals surface area contributed by atoms with Gasteiger partial charge in [-0.1, -0.05) is 34.3 Å². The van der Waals surface area contributed by atoms with Gasteiger partial charge in [-0.25, -0.2) is 0 Å². The second-order valence-electron chi connectivity index (χ2n) is 8.68. The van der Waals surface area contributed by atoms with E-state index in [-0.39, 0.29) is 55.0 Å². The summed E-state index contributed by atoms with van der Waals surface area (Å²) in [6.07, 6.45) is 0. The molecule has 1 radical (unpaired) electrons. The molecule has 2 rings (SSSR count). The van der Waals surface area contributed by atoms with E-state index < -0.39 is 7.26 Å². The van der Waals surface area contributed by atoms with Crippen molar-refractivity contribution in [3.8, 4) is 0 Å². The molecule has 0 spiro atoms. The molecule has 0 aliphatic heterocycles. The van der Waals surface area contributed by atoms with Gasteiger partial charge in [0.15, 0.2) is 0 Å². The zero-order valence-corrected chi connectivity index (χ0v) is 24.6. The molecule has 1 fully saturated rings. The van der Waals surface area contributed by atoms with Gasteiger partial charge in [-0.2, -0.15) is 6.66 Å². The van der Waals surface area contributed by atoms with Crippen molar-refractivity contribution in [1.82, 2.24) is 0 Å². The van der Waals surface area contributed by atoms with Crippen molar-refractivity contribution < 1.29 is 32.7 Å². The number of hydrogen-bond donors (Lipinski definition) is 0. The molecule has 4 atom stereocenters. The minimum absolute atomic E-state index is 0. The Morgan fingerprint density at radius 1 is 0.667 bits per heavy atom. The third kappa shape index (κ3) is 7.50. The summed E-state index contributed by atoms with van der Waals surface area (Å²) in [5, 5.41) is 0. The summed E-state index contributed by atoms with van der Waals surface area (Å²) in [6.45, 7) is 31.5. The van der Waals surface area contributed by atoms with Crippen LogP contribution in [0.1, 0.15) is 55.4 Å². The second-order valence-corrected chi connectivity index (χ2v) is 12.8. The molecular formula is C25H48PY-3. The van der Waals surface area contributed by atoms with Gasteiger partial charge < -0.3 is 22.3 Å². The molecule has 159 valence electrons. The molecule has 0 aromatic heterocycles. The fourth-order valence-electron chi connectivity index (χ4n) is 4.63. The van der Waals surface area contributed by atoms with Crippen LogP contribution in [-0.4, -0.2) is 19.0 Å². The SMILES string of the molecule is C=C1C(C)=C(C)C(C)=C1C.[CH2-][P+](C)(C)C1C(C)C(C)C(C)C1C.[CH3-].[CH3-].[CH3-].[Y]. The quantitative estimate of drug-likeness (QED) is 0.267. The Hall–Kier alpha value is 0.754. The first-order valence-corrected chi connectivity index (χ1v) is 12.0. The van der Waals surface area contributed by atoms with E-state index in [1.807, 2.05) is 0 Å². The maximum Gasteiger partial charge on any atom is 0.0481 e. The van der Waals surface area contributed by atoms with E-state index in [0.717, 1.165) is 29.3 Å². The summed E-state index contributed by atoms with van der Waals surface area (Å²) >= 11 is 0. The number of allylic oxidation sites excluding steroid dienone is 5. The zero-order valence-electron chi connectivity index (χ0n) is 20.8. The second kappa shape index (κ2) is 13.1. The molecule has 0 saturated heterocycles. The maximum atomic E-state index is 4.43. The van der Waals surface area contributed by atoms with Crippen molar-refractivity contribution in [3.63, 3.8) is 0 Å². The van der Waals surface area contributed by atoms with E-state index in [2.05, 4.69) is 82.0 Å². The van der Waals surface area contributed by atoms with E-state index in [4.69, 9.17) is 0 Å². The fourth-order valence-corrected chi connectivity index (χ4v) is 7.72. The Morgan fingerprint density at radius 2 is 0.926 bits per heavy atom. The Balaban J connectivity index is -0.000000174. The van der Waals surface area contributed by atoms with Crippen molar-refractivity contribution >= 4 is 7.26 Å². The predicted octanol–water partition coefficient (Wildman–Crippen LogP) is 8.56. The van der Waals surface area contributed by atoms with Crippen LogP contribution in [-0.2, 0) is 32.7 Å². The Kier molecular flexibility index (Phi) is 17.1. The zero-order chi connectivity index (χ0) is 18.3. The molecule has 0 nitrogen and oxygen atoms in total. The van der Waals surface area contributed by atoms with E-state index in [0.29, 0.717) is 0 Å². The van der Waals surface area contributed by atoms with Crippen LogP contribution in [0.3, 0.4) is 0 Å². The van der Waals surface area contributed by atoms with E-state index in [1.54, 1.807) is 0 Å². The van der Waals surface area contributed by atoms with Crippen molar-refractivity contribution in [2.24, 2.45) is 23.7 Å². The van der Waals surface area contributed by atoms with Crippen molar-refractivity contribution in [1.29, 1.82) is 0 Å². The van der Waals surface area contributed by atoms with Gasteiger partial charge in [0.1, 0.15) is 0 Å². The molecule has 1 saturated carbocycles. The average Bonchev–Trinajstić information content (AvgIpc) is 2.75. The largest absolute Gasteiger partial charge is 0.358 e. The maximum absolute atomic E-state index is 4.43. The van der Waals surface area contributed by atoms with Gasteiger partial charge in [-0.3, -0.25) is 0 Å². The fraction of sp³-hybridized carbons (Fsp3) is 0.600. The monoisotopic (exact) mass is 468 g/mol. The third-order valence-electron chi connectivity index (χ3n) is 6.97. The first kappa shape index (κ1) is 35.2. The van der Waals surface area contributed by atoms with Crippen molar-refractivity contribution in [3.05, 3.63) is 63.4 Å². The average molecular weight is 469 g/mol. The Labute approximate surface area is 200 Å². The van der Waals surface area contributed by atoms with E-state index in [9.17, 15) is 0 Å². The van der Waals surface area contributed by atoms with Gasteiger partial charge >= 0.3 is 0 Å². The molecule has 4 unspecified atom stereocenters. The topological polar surface area (TPSA) is 0 Å². The van der Waals surface area contributed by atoms with Gasteiger partial charge in [0.2, 0.25) is 0 Å². The molecule has 2 aliphatic carbocycles. The van der Waals surface area contributed by atoms with Crippen LogP contribution in [0, 0.1) is 52.6 Å². The van der Waals surface area contributed by atoms with Crippen molar-refractivity contribution in [2.75, 3.05) is 13.3 Å². The van der Waals surface area contributed by atoms with Crippen LogP contribution in [0.5, 0.6) is 0 Å². The molecular weight excluding hydrogens is 420 g/mol. The standard InChI is InChI=1S/C12H25P.C10H14.3CH3.Y/c1-8-9(2)11(4)12(10(8)3)13(5,6)7;1-6-7(2)9(4)10(5)8(6)3;;;;/h8-12H,5H2,1-4,6-7H3;1H2,2-5H3;3*1H3;/q;;3*-1;. The van der Waals surface area contributed by atoms with Gasteiger partial charge in [0.25, 0.3) is 0 Å². The molecule has 27 heavy (non-hydrogen) atoms. The van der Waals surface area contributed by atoms with Crippen LogP contribution in [0.15, 0.2) is 34.4 Å². The van der Waals surface area contributed by atoms with Gasteiger partial charge in [-0.05, 0) is 79.2 Å². The first-order chi connectivity index (χ1) is 10.3. The number of hydrogen-bond acceptors (Lipinski definition) is 0. The van der Waals surface area contributed by atoms with Crippen LogP contribution >= 0.6 is 7.26 Å².